The minimum absolute atomic E-state index is 0.0312. The molecular weight excluding hydrogens is 476 g/mol. The number of aromatic amines is 1. The predicted octanol–water partition coefficient (Wildman–Crippen LogP) is 3.23. The topological polar surface area (TPSA) is 122 Å². The van der Waals surface area contributed by atoms with Crippen LogP contribution in [0.25, 0.3) is 16.7 Å². The van der Waals surface area contributed by atoms with Crippen LogP contribution in [0.15, 0.2) is 58.6 Å². The van der Waals surface area contributed by atoms with Crippen LogP contribution >= 0.6 is 23.4 Å². The number of H-pyrrole nitrogens is 1. The molecule has 2 heterocycles. The number of hydrogen-bond acceptors (Lipinski definition) is 6. The summed E-state index contributed by atoms with van der Waals surface area (Å²) >= 11 is 7.12. The van der Waals surface area contributed by atoms with Gasteiger partial charge in [-0.05, 0) is 49.2 Å². The van der Waals surface area contributed by atoms with E-state index in [1.165, 1.54) is 10.9 Å². The van der Waals surface area contributed by atoms with Crippen LogP contribution in [0, 0.1) is 13.8 Å². The molecule has 174 valence electrons. The molecule has 4 aromatic rings. The Labute approximate surface area is 203 Å². The number of carbonyl (C=O) groups is 2. The van der Waals surface area contributed by atoms with Gasteiger partial charge in [0.25, 0.3) is 5.56 Å². The Morgan fingerprint density at radius 1 is 1.15 bits per heavy atom. The number of rotatable bonds is 7. The number of carbonyl (C=O) groups excluding carboxylic acids is 2. The number of amides is 2. The average molecular weight is 497 g/mol. The Bertz CT molecular complexity index is 1450. The van der Waals surface area contributed by atoms with Crippen LogP contribution in [-0.4, -0.2) is 43.9 Å². The molecule has 0 fully saturated rings. The van der Waals surface area contributed by atoms with Crippen molar-refractivity contribution in [3.8, 4) is 5.69 Å². The summed E-state index contributed by atoms with van der Waals surface area (Å²) in [4.78, 5) is 44.0. The van der Waals surface area contributed by atoms with Crippen LogP contribution in [0.3, 0.4) is 0 Å². The maximum absolute atomic E-state index is 12.5. The first-order chi connectivity index (χ1) is 16.3. The number of benzene rings is 2. The Morgan fingerprint density at radius 2 is 1.94 bits per heavy atom. The van der Waals surface area contributed by atoms with E-state index in [1.807, 2.05) is 32.0 Å². The number of nitrogens with one attached hydrogen (secondary N) is 3. The number of halogens is 1. The predicted molar refractivity (Wildman–Crippen MR) is 133 cm³/mol. The molecule has 0 unspecified atom stereocenters. The van der Waals surface area contributed by atoms with E-state index in [1.54, 1.807) is 24.3 Å². The summed E-state index contributed by atoms with van der Waals surface area (Å²) in [6, 6.07) is 12.6. The van der Waals surface area contributed by atoms with Crippen molar-refractivity contribution in [2.45, 2.75) is 19.0 Å². The number of anilines is 1. The molecule has 2 amide bonds. The maximum atomic E-state index is 12.5. The molecule has 34 heavy (non-hydrogen) atoms. The van der Waals surface area contributed by atoms with Gasteiger partial charge in [-0.3, -0.25) is 14.4 Å². The molecule has 0 atom stereocenters. The molecule has 0 bridgehead atoms. The fourth-order valence-corrected chi connectivity index (χ4v) is 4.08. The number of nitrogens with zero attached hydrogens (tertiary/aromatic N) is 3. The summed E-state index contributed by atoms with van der Waals surface area (Å²) in [5, 5.41) is 10.7. The van der Waals surface area contributed by atoms with Crippen molar-refractivity contribution in [2.24, 2.45) is 0 Å². The van der Waals surface area contributed by atoms with E-state index in [-0.39, 0.29) is 34.8 Å². The molecule has 3 N–H and O–H groups in total. The highest BCUT2D eigenvalue weighted by Gasteiger charge is 2.14. The van der Waals surface area contributed by atoms with Gasteiger partial charge >= 0.3 is 0 Å². The van der Waals surface area contributed by atoms with Crippen molar-refractivity contribution in [1.29, 1.82) is 0 Å². The first-order valence-corrected chi connectivity index (χ1v) is 11.7. The standard InChI is InChI=1S/C23H21ClN6O3S/c1-13-5-3-8-18(14(13)2)27-19(31)11-25-20(32)12-34-23-28-21-17(22(33)29-23)10-26-30(21)16-7-4-6-15(24)9-16/h3-10H,11-12H2,1-2H3,(H,25,32)(H,27,31)(H,28,29,33). The minimum atomic E-state index is -0.368. The molecule has 0 radical (unpaired) electrons. The van der Waals surface area contributed by atoms with Gasteiger partial charge in [0, 0.05) is 10.7 Å². The zero-order valence-corrected chi connectivity index (χ0v) is 20.0. The molecule has 0 saturated heterocycles. The van der Waals surface area contributed by atoms with Crippen molar-refractivity contribution in [3.63, 3.8) is 0 Å². The van der Waals surface area contributed by atoms with E-state index >= 15 is 0 Å². The largest absolute Gasteiger partial charge is 0.346 e. The molecule has 4 rings (SSSR count). The van der Waals surface area contributed by atoms with Gasteiger partial charge in [0.05, 0.1) is 24.2 Å². The second-order valence-electron chi connectivity index (χ2n) is 7.51. The SMILES string of the molecule is Cc1cccc(NC(=O)CNC(=O)CSc2nc3c(cnn3-c3cccc(Cl)c3)c(=O)[nH]2)c1C. The van der Waals surface area contributed by atoms with Crippen LogP contribution < -0.4 is 16.2 Å². The van der Waals surface area contributed by atoms with E-state index in [0.29, 0.717) is 27.4 Å². The van der Waals surface area contributed by atoms with Gasteiger partial charge in [0.15, 0.2) is 10.8 Å². The number of aryl methyl sites for hydroxylation is 1. The van der Waals surface area contributed by atoms with Crippen LogP contribution in [0.2, 0.25) is 5.02 Å². The zero-order valence-electron chi connectivity index (χ0n) is 18.4. The van der Waals surface area contributed by atoms with Gasteiger partial charge in [0.1, 0.15) is 5.39 Å². The zero-order chi connectivity index (χ0) is 24.2. The molecule has 9 nitrogen and oxygen atoms in total. The van der Waals surface area contributed by atoms with Gasteiger partial charge in [-0.15, -0.1) is 0 Å². The normalized spacial score (nSPS) is 10.9. The fraction of sp³-hybridized carbons (Fsp3) is 0.174. The number of hydrogen-bond donors (Lipinski definition) is 3. The molecule has 2 aromatic heterocycles. The van der Waals surface area contributed by atoms with Crippen molar-refractivity contribution in [1.82, 2.24) is 25.1 Å². The van der Waals surface area contributed by atoms with Gasteiger partial charge in [-0.25, -0.2) is 9.67 Å². The number of aromatic nitrogens is 4. The highest BCUT2D eigenvalue weighted by atomic mass is 35.5. The highest BCUT2D eigenvalue weighted by molar-refractivity contribution is 7.99. The van der Waals surface area contributed by atoms with Crippen LogP contribution in [0.4, 0.5) is 5.69 Å². The van der Waals surface area contributed by atoms with Gasteiger partial charge in [0.2, 0.25) is 11.8 Å². The van der Waals surface area contributed by atoms with E-state index in [0.717, 1.165) is 22.9 Å². The summed E-state index contributed by atoms with van der Waals surface area (Å²) in [5.41, 5.74) is 3.38. The van der Waals surface area contributed by atoms with E-state index in [4.69, 9.17) is 11.6 Å². The van der Waals surface area contributed by atoms with E-state index in [2.05, 4.69) is 25.7 Å². The summed E-state index contributed by atoms with van der Waals surface area (Å²) < 4.78 is 1.51. The van der Waals surface area contributed by atoms with Crippen LogP contribution in [-0.2, 0) is 9.59 Å². The molecule has 0 saturated carbocycles. The highest BCUT2D eigenvalue weighted by Crippen LogP contribution is 2.20. The summed E-state index contributed by atoms with van der Waals surface area (Å²) in [6.45, 7) is 3.71. The third kappa shape index (κ3) is 5.29. The summed E-state index contributed by atoms with van der Waals surface area (Å²) in [7, 11) is 0. The maximum Gasteiger partial charge on any atom is 0.262 e. The van der Waals surface area contributed by atoms with Crippen molar-refractivity contribution >= 4 is 51.9 Å². The first-order valence-electron chi connectivity index (χ1n) is 10.3. The van der Waals surface area contributed by atoms with Gasteiger partial charge in [-0.2, -0.15) is 5.10 Å². The third-order valence-corrected chi connectivity index (χ3v) is 6.24. The molecule has 11 heteroatoms. The lowest BCUT2D eigenvalue weighted by Crippen LogP contribution is -2.34. The lowest BCUT2D eigenvalue weighted by molar-refractivity contribution is -0.122. The van der Waals surface area contributed by atoms with Crippen molar-refractivity contribution in [3.05, 3.63) is 75.2 Å². The first kappa shape index (κ1) is 23.5. The Morgan fingerprint density at radius 3 is 2.74 bits per heavy atom. The molecule has 2 aromatic carbocycles. The Hall–Kier alpha value is -3.63. The van der Waals surface area contributed by atoms with Crippen LogP contribution in [0.5, 0.6) is 0 Å². The van der Waals surface area contributed by atoms with E-state index < -0.39 is 0 Å². The van der Waals surface area contributed by atoms with Crippen molar-refractivity contribution < 1.29 is 9.59 Å². The second-order valence-corrected chi connectivity index (χ2v) is 8.91. The average Bonchev–Trinajstić information content (AvgIpc) is 3.24. The lowest BCUT2D eigenvalue weighted by Gasteiger charge is -2.11. The Kier molecular flexibility index (Phi) is 6.99. The van der Waals surface area contributed by atoms with Gasteiger partial charge in [-0.1, -0.05) is 41.6 Å². The Balaban J connectivity index is 1.39. The molecule has 0 aliphatic heterocycles. The third-order valence-electron chi connectivity index (χ3n) is 5.13. The second kappa shape index (κ2) is 10.1. The fourth-order valence-electron chi connectivity index (χ4n) is 3.21. The minimum Gasteiger partial charge on any atom is -0.346 e. The molecule has 0 aliphatic carbocycles. The summed E-state index contributed by atoms with van der Waals surface area (Å²) in [5.74, 6) is -0.728. The lowest BCUT2D eigenvalue weighted by atomic mass is 10.1. The van der Waals surface area contributed by atoms with Crippen molar-refractivity contribution in [2.75, 3.05) is 17.6 Å². The number of fused-ring (bicyclic) bond motifs is 1. The quantitative estimate of drug-likeness (QED) is 0.267. The van der Waals surface area contributed by atoms with Gasteiger partial charge < -0.3 is 15.6 Å². The summed E-state index contributed by atoms with van der Waals surface area (Å²) in [6.07, 6.45) is 1.43. The van der Waals surface area contributed by atoms with E-state index in [9.17, 15) is 14.4 Å². The molecular formula is C23H21ClN6O3S. The monoisotopic (exact) mass is 496 g/mol. The van der Waals surface area contributed by atoms with Crippen LogP contribution in [0.1, 0.15) is 11.1 Å². The molecule has 0 aliphatic rings. The smallest absolute Gasteiger partial charge is 0.262 e. The number of thioether (sulfide) groups is 1. The molecule has 0 spiro atoms.